The first-order valence-corrected chi connectivity index (χ1v) is 7.17. The molecule has 2 rings (SSSR count). The highest BCUT2D eigenvalue weighted by molar-refractivity contribution is 5.19. The molecule has 1 aliphatic carbocycles. The van der Waals surface area contributed by atoms with Crippen molar-refractivity contribution in [2.24, 2.45) is 0 Å². The number of allylic oxidation sites excluding steroid dienone is 2. The Hall–Kier alpha value is -1.04. The molecule has 1 atom stereocenters. The molecule has 0 nitrogen and oxygen atoms in total. The molecule has 1 aliphatic rings. The summed E-state index contributed by atoms with van der Waals surface area (Å²) in [5.41, 5.74) is 1.54. The lowest BCUT2D eigenvalue weighted by Gasteiger charge is -2.16. The van der Waals surface area contributed by atoms with E-state index in [1.165, 1.54) is 51.4 Å². The summed E-state index contributed by atoms with van der Waals surface area (Å²) in [4.78, 5) is 0. The Balaban J connectivity index is 1.98. The van der Waals surface area contributed by atoms with Crippen molar-refractivity contribution < 1.29 is 0 Å². The molecule has 1 unspecified atom stereocenters. The lowest BCUT2D eigenvalue weighted by atomic mass is 9.89. The average Bonchev–Trinajstić information content (AvgIpc) is 2.45. The standard InChI is InChI=1S/C17H24/c1-2-4-6-9-13-16(12-8-5-3-1)17-14-10-7-11-15-17/h3,5,7,10-11,14-16H,1-2,4,6,8-9,12-13H2. The van der Waals surface area contributed by atoms with Crippen molar-refractivity contribution in [2.45, 2.75) is 57.3 Å². The monoisotopic (exact) mass is 228 g/mol. The van der Waals surface area contributed by atoms with Crippen LogP contribution >= 0.6 is 0 Å². The van der Waals surface area contributed by atoms with E-state index in [0.29, 0.717) is 0 Å². The van der Waals surface area contributed by atoms with Crippen LogP contribution in [-0.2, 0) is 0 Å². The smallest absolute Gasteiger partial charge is 0.0159 e. The molecule has 92 valence electrons. The lowest BCUT2D eigenvalue weighted by Crippen LogP contribution is -1.98. The van der Waals surface area contributed by atoms with Gasteiger partial charge in [-0.25, -0.2) is 0 Å². The molecule has 0 saturated carbocycles. The Bertz CT molecular complexity index is 323. The molecule has 0 N–H and O–H groups in total. The second kappa shape index (κ2) is 7.32. The van der Waals surface area contributed by atoms with Gasteiger partial charge in [0.2, 0.25) is 0 Å². The minimum atomic E-state index is 0.777. The molecule has 0 bridgehead atoms. The van der Waals surface area contributed by atoms with E-state index >= 15 is 0 Å². The van der Waals surface area contributed by atoms with Gasteiger partial charge in [-0.05, 0) is 43.6 Å². The zero-order valence-electron chi connectivity index (χ0n) is 10.8. The van der Waals surface area contributed by atoms with Gasteiger partial charge in [-0.2, -0.15) is 0 Å². The third-order valence-corrected chi connectivity index (χ3v) is 3.79. The van der Waals surface area contributed by atoms with Crippen LogP contribution in [0, 0.1) is 0 Å². The van der Waals surface area contributed by atoms with Crippen molar-refractivity contribution in [1.82, 2.24) is 0 Å². The van der Waals surface area contributed by atoms with Gasteiger partial charge in [0.05, 0.1) is 0 Å². The molecule has 0 aliphatic heterocycles. The quantitative estimate of drug-likeness (QED) is 0.560. The molecular weight excluding hydrogens is 204 g/mol. The van der Waals surface area contributed by atoms with E-state index in [0.717, 1.165) is 5.92 Å². The molecule has 0 heteroatoms. The molecule has 0 spiro atoms. The van der Waals surface area contributed by atoms with Gasteiger partial charge in [0.1, 0.15) is 0 Å². The Kier molecular flexibility index (Phi) is 5.35. The zero-order valence-corrected chi connectivity index (χ0v) is 10.8. The normalized spacial score (nSPS) is 22.9. The Labute approximate surface area is 106 Å². The first kappa shape index (κ1) is 12.4. The van der Waals surface area contributed by atoms with Crippen LogP contribution in [0.5, 0.6) is 0 Å². The van der Waals surface area contributed by atoms with Crippen LogP contribution in [-0.4, -0.2) is 0 Å². The fraction of sp³-hybridized carbons (Fsp3) is 0.529. The maximum atomic E-state index is 2.39. The van der Waals surface area contributed by atoms with Crippen LogP contribution in [0.2, 0.25) is 0 Å². The van der Waals surface area contributed by atoms with Gasteiger partial charge in [0.25, 0.3) is 0 Å². The van der Waals surface area contributed by atoms with Crippen LogP contribution in [0.4, 0.5) is 0 Å². The highest BCUT2D eigenvalue weighted by atomic mass is 14.1. The molecule has 0 amide bonds. The third-order valence-electron chi connectivity index (χ3n) is 3.79. The van der Waals surface area contributed by atoms with Crippen LogP contribution in [0.15, 0.2) is 42.5 Å². The van der Waals surface area contributed by atoms with E-state index in [1.807, 2.05) is 0 Å². The van der Waals surface area contributed by atoms with E-state index in [-0.39, 0.29) is 0 Å². The lowest BCUT2D eigenvalue weighted by molar-refractivity contribution is 0.530. The second-order valence-corrected chi connectivity index (χ2v) is 5.15. The number of hydrogen-bond acceptors (Lipinski definition) is 0. The van der Waals surface area contributed by atoms with E-state index < -0.39 is 0 Å². The van der Waals surface area contributed by atoms with Crippen LogP contribution in [0.3, 0.4) is 0 Å². The largest absolute Gasteiger partial charge is 0.0885 e. The fourth-order valence-electron chi connectivity index (χ4n) is 2.74. The second-order valence-electron chi connectivity index (χ2n) is 5.15. The van der Waals surface area contributed by atoms with Gasteiger partial charge >= 0.3 is 0 Å². The van der Waals surface area contributed by atoms with E-state index in [1.54, 1.807) is 5.56 Å². The molecule has 0 saturated heterocycles. The summed E-state index contributed by atoms with van der Waals surface area (Å²) in [6.07, 6.45) is 15.6. The van der Waals surface area contributed by atoms with Gasteiger partial charge in [-0.3, -0.25) is 0 Å². The van der Waals surface area contributed by atoms with Gasteiger partial charge < -0.3 is 0 Å². The van der Waals surface area contributed by atoms with Crippen molar-refractivity contribution in [3.8, 4) is 0 Å². The van der Waals surface area contributed by atoms with Gasteiger partial charge in [0.15, 0.2) is 0 Å². The van der Waals surface area contributed by atoms with Crippen molar-refractivity contribution >= 4 is 0 Å². The first-order chi connectivity index (χ1) is 8.47. The summed E-state index contributed by atoms with van der Waals surface area (Å²) in [7, 11) is 0. The first-order valence-electron chi connectivity index (χ1n) is 7.17. The Morgan fingerprint density at radius 3 is 2.35 bits per heavy atom. The summed E-state index contributed by atoms with van der Waals surface area (Å²) in [6, 6.07) is 11.1. The van der Waals surface area contributed by atoms with E-state index in [9.17, 15) is 0 Å². The molecule has 1 aromatic carbocycles. The molecule has 0 aromatic heterocycles. The molecule has 1 aromatic rings. The Morgan fingerprint density at radius 2 is 1.47 bits per heavy atom. The summed E-state index contributed by atoms with van der Waals surface area (Å²) >= 11 is 0. The van der Waals surface area contributed by atoms with Gasteiger partial charge in [-0.15, -0.1) is 0 Å². The summed E-state index contributed by atoms with van der Waals surface area (Å²) in [5.74, 6) is 0.777. The van der Waals surface area contributed by atoms with E-state index in [2.05, 4.69) is 42.5 Å². The van der Waals surface area contributed by atoms with Crippen LogP contribution < -0.4 is 0 Å². The summed E-state index contributed by atoms with van der Waals surface area (Å²) < 4.78 is 0. The fourth-order valence-corrected chi connectivity index (χ4v) is 2.74. The van der Waals surface area contributed by atoms with Crippen LogP contribution in [0.1, 0.15) is 62.8 Å². The highest BCUT2D eigenvalue weighted by Crippen LogP contribution is 2.28. The topological polar surface area (TPSA) is 0 Å². The summed E-state index contributed by atoms with van der Waals surface area (Å²) in [6.45, 7) is 0. The minimum absolute atomic E-state index is 0.777. The maximum absolute atomic E-state index is 2.39. The Morgan fingerprint density at radius 1 is 0.706 bits per heavy atom. The maximum Gasteiger partial charge on any atom is -0.0159 e. The SMILES string of the molecule is C1=CCCC(c2ccccc2)CCCCCC1. The molecule has 0 heterocycles. The number of hydrogen-bond donors (Lipinski definition) is 0. The molecule has 0 radical (unpaired) electrons. The van der Waals surface area contributed by atoms with Crippen molar-refractivity contribution in [2.75, 3.05) is 0 Å². The summed E-state index contributed by atoms with van der Waals surface area (Å²) in [5, 5.41) is 0. The van der Waals surface area contributed by atoms with Crippen molar-refractivity contribution in [3.05, 3.63) is 48.0 Å². The zero-order chi connectivity index (χ0) is 11.8. The van der Waals surface area contributed by atoms with Crippen LogP contribution in [0.25, 0.3) is 0 Å². The highest BCUT2D eigenvalue weighted by Gasteiger charge is 2.10. The third kappa shape index (κ3) is 4.38. The predicted octanol–water partition coefficient (Wildman–Crippen LogP) is 5.46. The van der Waals surface area contributed by atoms with Gasteiger partial charge in [-0.1, -0.05) is 61.7 Å². The molecule has 0 fully saturated rings. The van der Waals surface area contributed by atoms with Gasteiger partial charge in [0, 0.05) is 0 Å². The van der Waals surface area contributed by atoms with Crippen molar-refractivity contribution in [1.29, 1.82) is 0 Å². The average molecular weight is 228 g/mol. The predicted molar refractivity (Wildman–Crippen MR) is 75.3 cm³/mol. The number of rotatable bonds is 1. The molecular formula is C17H24. The van der Waals surface area contributed by atoms with Crippen molar-refractivity contribution in [3.63, 3.8) is 0 Å². The van der Waals surface area contributed by atoms with E-state index in [4.69, 9.17) is 0 Å². The minimum Gasteiger partial charge on any atom is -0.0885 e. The molecule has 17 heavy (non-hydrogen) atoms. The number of benzene rings is 1.